The monoisotopic (exact) mass is 320 g/mol. The number of aryl methyl sites for hydroxylation is 1. The van der Waals surface area contributed by atoms with Gasteiger partial charge in [-0.1, -0.05) is 23.7 Å². The number of benzene rings is 1. The van der Waals surface area contributed by atoms with E-state index in [9.17, 15) is 4.79 Å². The summed E-state index contributed by atoms with van der Waals surface area (Å²) in [6.07, 6.45) is 1.86. The van der Waals surface area contributed by atoms with Crippen molar-refractivity contribution in [2.45, 2.75) is 26.9 Å². The third kappa shape index (κ3) is 4.08. The Morgan fingerprint density at radius 2 is 2.14 bits per heavy atom. The van der Waals surface area contributed by atoms with Crippen LogP contribution in [0.3, 0.4) is 0 Å². The van der Waals surface area contributed by atoms with Gasteiger partial charge < -0.3 is 5.32 Å². The molecule has 0 atom stereocenters. The van der Waals surface area contributed by atoms with Crippen molar-refractivity contribution in [2.24, 2.45) is 0 Å². The van der Waals surface area contributed by atoms with E-state index in [0.717, 1.165) is 17.8 Å². The molecular formula is C16H21ClN4O. The summed E-state index contributed by atoms with van der Waals surface area (Å²) in [5.74, 6) is -0.0869. The minimum atomic E-state index is -0.0869. The second kappa shape index (κ2) is 7.42. The highest BCUT2D eigenvalue weighted by atomic mass is 35.5. The summed E-state index contributed by atoms with van der Waals surface area (Å²) >= 11 is 6.03. The standard InChI is InChI=1S/C16H21ClN4O/c1-4-21-12(2)13(9-18-21)10-20(3)11-16(22)19-15-8-6-5-7-14(15)17/h5-9H,4,10-11H2,1-3H3,(H,19,22). The molecule has 0 bridgehead atoms. The van der Waals surface area contributed by atoms with Gasteiger partial charge in [0.25, 0.3) is 0 Å². The van der Waals surface area contributed by atoms with E-state index in [1.807, 2.05) is 41.9 Å². The van der Waals surface area contributed by atoms with Gasteiger partial charge in [0.15, 0.2) is 0 Å². The molecule has 0 aliphatic carbocycles. The van der Waals surface area contributed by atoms with E-state index < -0.39 is 0 Å². The first-order valence-electron chi connectivity index (χ1n) is 7.25. The number of anilines is 1. The zero-order chi connectivity index (χ0) is 16.1. The molecule has 1 aromatic heterocycles. The Morgan fingerprint density at radius 1 is 1.41 bits per heavy atom. The van der Waals surface area contributed by atoms with Gasteiger partial charge in [0.2, 0.25) is 5.91 Å². The predicted molar refractivity (Wildman–Crippen MR) is 89.1 cm³/mol. The molecule has 0 unspecified atom stereocenters. The number of nitrogens with one attached hydrogen (secondary N) is 1. The molecule has 1 amide bonds. The summed E-state index contributed by atoms with van der Waals surface area (Å²) in [7, 11) is 1.91. The normalized spacial score (nSPS) is 11.0. The number of aromatic nitrogens is 2. The number of hydrogen-bond donors (Lipinski definition) is 1. The highest BCUT2D eigenvalue weighted by molar-refractivity contribution is 6.33. The number of nitrogens with zero attached hydrogens (tertiary/aromatic N) is 3. The zero-order valence-corrected chi connectivity index (χ0v) is 13.9. The maximum atomic E-state index is 12.1. The first-order chi connectivity index (χ1) is 10.5. The fraction of sp³-hybridized carbons (Fsp3) is 0.375. The number of rotatable bonds is 6. The summed E-state index contributed by atoms with van der Waals surface area (Å²) in [6, 6.07) is 7.21. The quantitative estimate of drug-likeness (QED) is 0.890. The second-order valence-corrected chi connectivity index (χ2v) is 5.68. The van der Waals surface area contributed by atoms with E-state index in [1.165, 1.54) is 0 Å². The molecule has 0 aliphatic heterocycles. The average molecular weight is 321 g/mol. The molecule has 0 saturated carbocycles. The van der Waals surface area contributed by atoms with Crippen molar-refractivity contribution >= 4 is 23.2 Å². The molecule has 5 nitrogen and oxygen atoms in total. The Labute approximate surface area is 135 Å². The molecule has 2 rings (SSSR count). The molecule has 0 spiro atoms. The Morgan fingerprint density at radius 3 is 2.77 bits per heavy atom. The fourth-order valence-corrected chi connectivity index (χ4v) is 2.49. The van der Waals surface area contributed by atoms with Crippen molar-refractivity contribution in [2.75, 3.05) is 18.9 Å². The number of amides is 1. The van der Waals surface area contributed by atoms with E-state index in [0.29, 0.717) is 23.8 Å². The van der Waals surface area contributed by atoms with Crippen molar-refractivity contribution < 1.29 is 4.79 Å². The summed E-state index contributed by atoms with van der Waals surface area (Å²) in [6.45, 7) is 5.93. The molecule has 1 aromatic carbocycles. The van der Waals surface area contributed by atoms with Gasteiger partial charge in [-0.25, -0.2) is 0 Å². The molecule has 6 heteroatoms. The molecule has 0 fully saturated rings. The minimum Gasteiger partial charge on any atom is -0.324 e. The van der Waals surface area contributed by atoms with Gasteiger partial charge in [0.1, 0.15) is 0 Å². The van der Waals surface area contributed by atoms with Crippen LogP contribution in [0.4, 0.5) is 5.69 Å². The molecular weight excluding hydrogens is 300 g/mol. The zero-order valence-electron chi connectivity index (χ0n) is 13.1. The van der Waals surface area contributed by atoms with Crippen LogP contribution in [0.5, 0.6) is 0 Å². The minimum absolute atomic E-state index is 0.0869. The largest absolute Gasteiger partial charge is 0.324 e. The predicted octanol–water partition coefficient (Wildman–Crippen LogP) is 2.94. The molecule has 0 aliphatic rings. The van der Waals surface area contributed by atoms with E-state index in [-0.39, 0.29) is 5.91 Å². The van der Waals surface area contributed by atoms with Crippen molar-refractivity contribution in [1.82, 2.24) is 14.7 Å². The SMILES string of the molecule is CCn1ncc(CN(C)CC(=O)Nc2ccccc2Cl)c1C. The van der Waals surface area contributed by atoms with Crippen LogP contribution < -0.4 is 5.32 Å². The lowest BCUT2D eigenvalue weighted by molar-refractivity contribution is -0.117. The van der Waals surface area contributed by atoms with Crippen LogP contribution in [-0.2, 0) is 17.9 Å². The smallest absolute Gasteiger partial charge is 0.238 e. The number of carbonyl (C=O) groups is 1. The second-order valence-electron chi connectivity index (χ2n) is 5.27. The number of hydrogen-bond acceptors (Lipinski definition) is 3. The molecule has 1 N–H and O–H groups in total. The van der Waals surface area contributed by atoms with Crippen LogP contribution in [0.2, 0.25) is 5.02 Å². The van der Waals surface area contributed by atoms with Gasteiger partial charge >= 0.3 is 0 Å². The summed E-state index contributed by atoms with van der Waals surface area (Å²) in [5.41, 5.74) is 2.91. The van der Waals surface area contributed by atoms with E-state index in [2.05, 4.69) is 17.3 Å². The van der Waals surface area contributed by atoms with E-state index >= 15 is 0 Å². The lowest BCUT2D eigenvalue weighted by atomic mass is 10.2. The molecule has 0 radical (unpaired) electrons. The van der Waals surface area contributed by atoms with Crippen molar-refractivity contribution in [3.05, 3.63) is 46.7 Å². The molecule has 2 aromatic rings. The van der Waals surface area contributed by atoms with E-state index in [1.54, 1.807) is 12.1 Å². The lowest BCUT2D eigenvalue weighted by Gasteiger charge is -2.16. The Hall–Kier alpha value is -1.85. The van der Waals surface area contributed by atoms with Crippen molar-refractivity contribution in [3.63, 3.8) is 0 Å². The molecule has 0 saturated heterocycles. The average Bonchev–Trinajstić information content (AvgIpc) is 2.82. The number of halogens is 1. The lowest BCUT2D eigenvalue weighted by Crippen LogP contribution is -2.30. The molecule has 118 valence electrons. The third-order valence-corrected chi connectivity index (χ3v) is 3.84. The number of para-hydroxylation sites is 1. The topological polar surface area (TPSA) is 50.2 Å². The first-order valence-corrected chi connectivity index (χ1v) is 7.63. The van der Waals surface area contributed by atoms with Gasteiger partial charge in [-0.2, -0.15) is 5.10 Å². The Kier molecular flexibility index (Phi) is 5.57. The van der Waals surface area contributed by atoms with Crippen LogP contribution in [-0.4, -0.2) is 34.2 Å². The van der Waals surface area contributed by atoms with Crippen molar-refractivity contribution in [1.29, 1.82) is 0 Å². The maximum absolute atomic E-state index is 12.1. The van der Waals surface area contributed by atoms with E-state index in [4.69, 9.17) is 11.6 Å². The summed E-state index contributed by atoms with van der Waals surface area (Å²) in [4.78, 5) is 14.0. The number of carbonyl (C=O) groups excluding carboxylic acids is 1. The summed E-state index contributed by atoms with van der Waals surface area (Å²) < 4.78 is 1.95. The molecule has 1 heterocycles. The maximum Gasteiger partial charge on any atom is 0.238 e. The van der Waals surface area contributed by atoms with Gasteiger partial charge in [-0.3, -0.25) is 14.4 Å². The molecule has 22 heavy (non-hydrogen) atoms. The fourth-order valence-electron chi connectivity index (χ4n) is 2.30. The Balaban J connectivity index is 1.91. The third-order valence-electron chi connectivity index (χ3n) is 3.51. The number of likely N-dealkylation sites (N-methyl/N-ethyl adjacent to an activating group) is 1. The van der Waals surface area contributed by atoms with Crippen LogP contribution >= 0.6 is 11.6 Å². The first kappa shape index (κ1) is 16.5. The van der Waals surface area contributed by atoms with Gasteiger partial charge in [0.05, 0.1) is 23.5 Å². The Bertz CT molecular complexity index is 653. The van der Waals surface area contributed by atoms with Crippen LogP contribution in [0.15, 0.2) is 30.5 Å². The summed E-state index contributed by atoms with van der Waals surface area (Å²) in [5, 5.41) is 7.68. The highest BCUT2D eigenvalue weighted by Crippen LogP contribution is 2.20. The van der Waals surface area contributed by atoms with Crippen LogP contribution in [0, 0.1) is 6.92 Å². The van der Waals surface area contributed by atoms with Gasteiger partial charge in [0, 0.05) is 24.3 Å². The van der Waals surface area contributed by atoms with Crippen LogP contribution in [0.25, 0.3) is 0 Å². The van der Waals surface area contributed by atoms with Crippen molar-refractivity contribution in [3.8, 4) is 0 Å². The highest BCUT2D eigenvalue weighted by Gasteiger charge is 2.12. The van der Waals surface area contributed by atoms with Gasteiger partial charge in [-0.05, 0) is 33.0 Å². The van der Waals surface area contributed by atoms with Gasteiger partial charge in [-0.15, -0.1) is 0 Å². The van der Waals surface area contributed by atoms with Crippen LogP contribution in [0.1, 0.15) is 18.2 Å².